The van der Waals surface area contributed by atoms with Gasteiger partial charge in [0.05, 0.1) is 0 Å². The van der Waals surface area contributed by atoms with Gasteiger partial charge in [-0.3, -0.25) is 0 Å². The average molecular weight is 772 g/mol. The summed E-state index contributed by atoms with van der Waals surface area (Å²) in [6.45, 7) is 19.3. The van der Waals surface area contributed by atoms with E-state index in [0.29, 0.717) is 20.2 Å². The lowest BCUT2D eigenvalue weighted by Gasteiger charge is -2.37. The third-order valence-electron chi connectivity index (χ3n) is 12.0. The van der Waals surface area contributed by atoms with Crippen LogP contribution in [-0.4, -0.2) is 20.2 Å². The Labute approximate surface area is 345 Å². The summed E-state index contributed by atoms with van der Waals surface area (Å²) >= 11 is 0. The minimum absolute atomic E-state index is 0.498. The predicted molar refractivity (Wildman–Crippen MR) is 239 cm³/mol. The summed E-state index contributed by atoms with van der Waals surface area (Å²) in [7, 11) is 0. The first kappa shape index (κ1) is 39.0. The normalized spacial score (nSPS) is 14.6. The molecule has 0 atom stereocenters. The maximum atomic E-state index is 6.36. The Morgan fingerprint density at radius 2 is 0.793 bits per heavy atom. The monoisotopic (exact) mass is 771 g/mol. The topological polar surface area (TPSA) is 37.4 Å². The predicted octanol–water partition coefficient (Wildman–Crippen LogP) is 12.1. The van der Waals surface area contributed by atoms with Crippen LogP contribution in [0.5, 0.6) is 17.2 Å². The van der Waals surface area contributed by atoms with E-state index in [0.717, 1.165) is 42.8 Å². The van der Waals surface area contributed by atoms with Crippen molar-refractivity contribution in [2.45, 2.75) is 79.9 Å². The molecule has 0 radical (unpaired) electrons. The second-order valence-corrected chi connectivity index (χ2v) is 16.8. The first-order valence-corrected chi connectivity index (χ1v) is 20.8. The first-order valence-electron chi connectivity index (χ1n) is 20.8. The molecule has 0 bridgehead atoms. The molecule has 0 N–H and O–H groups in total. The van der Waals surface area contributed by atoms with Gasteiger partial charge in [0.2, 0.25) is 0 Å². The fourth-order valence-electron chi connectivity index (χ4n) is 8.13. The zero-order valence-corrected chi connectivity index (χ0v) is 35.2. The molecule has 6 heteroatoms. The van der Waals surface area contributed by atoms with E-state index in [1.807, 2.05) is 0 Å². The van der Waals surface area contributed by atoms with Gasteiger partial charge < -0.3 is 28.9 Å². The van der Waals surface area contributed by atoms with Gasteiger partial charge in [0.1, 0.15) is 17.2 Å². The molecule has 298 valence electrons. The minimum atomic E-state index is -0.498. The number of benzene rings is 6. The highest BCUT2D eigenvalue weighted by Gasteiger charge is 2.35. The Morgan fingerprint density at radius 3 is 1.07 bits per heavy atom. The number of rotatable bonds is 7. The molecule has 58 heavy (non-hydrogen) atoms. The van der Waals surface area contributed by atoms with E-state index in [9.17, 15) is 0 Å². The van der Waals surface area contributed by atoms with Crippen LogP contribution in [0.2, 0.25) is 0 Å². The van der Waals surface area contributed by atoms with E-state index in [-0.39, 0.29) is 0 Å². The van der Waals surface area contributed by atoms with Crippen molar-refractivity contribution in [2.24, 2.45) is 5.92 Å². The fourth-order valence-corrected chi connectivity index (χ4v) is 8.13. The average Bonchev–Trinajstić information content (AvgIpc) is 3.25. The van der Waals surface area contributed by atoms with E-state index in [4.69, 9.17) is 14.2 Å². The van der Waals surface area contributed by atoms with Crippen molar-refractivity contribution in [3.63, 3.8) is 0 Å². The number of hydrogen-bond acceptors (Lipinski definition) is 6. The van der Waals surface area contributed by atoms with E-state index in [2.05, 4.69) is 191 Å². The number of nitrogens with zero attached hydrogens (tertiary/aromatic N) is 3. The van der Waals surface area contributed by atoms with Gasteiger partial charge in [0, 0.05) is 58.8 Å². The zero-order valence-electron chi connectivity index (χ0n) is 35.2. The van der Waals surface area contributed by atoms with Crippen LogP contribution in [0.25, 0.3) is 0 Å². The number of aryl methyl sites for hydroxylation is 3. The SMILES string of the molecule is CCC(C)C.Cc1cccc(N2COc3ccc(C(C)(c4ccc5c(c4)CN(c4cccc(C)c4)CO5)c4ccc5c(c4)CN(c4cccc(C)c4)CO5)cc3C2)c1. The van der Waals surface area contributed by atoms with Crippen LogP contribution in [0.3, 0.4) is 0 Å². The van der Waals surface area contributed by atoms with Crippen LogP contribution in [0.1, 0.15) is 84.2 Å². The third kappa shape index (κ3) is 8.11. The standard InChI is InChI=1S/C47H45N3O3.C5H12/c1-32-8-5-11-41(20-32)48-26-35-23-38(14-17-44(35)51-29-48)47(4,39-15-18-45-36(24-39)27-49(30-52-45)42-12-6-9-33(2)21-42)40-16-19-46-37(25-40)28-50(31-53-46)43-13-7-10-34(3)22-43;1-4-5(2)3/h5-25H,26-31H2,1-4H3;5H,4H2,1-3H3. The summed E-state index contributed by atoms with van der Waals surface area (Å²) in [5.74, 6) is 3.72. The Bertz CT molecular complexity index is 2150. The molecule has 0 saturated heterocycles. The zero-order chi connectivity index (χ0) is 40.4. The maximum Gasteiger partial charge on any atom is 0.161 e. The highest BCUT2D eigenvalue weighted by Crippen LogP contribution is 2.45. The molecule has 0 aliphatic carbocycles. The lowest BCUT2D eigenvalue weighted by Crippen LogP contribution is -2.34. The van der Waals surface area contributed by atoms with Gasteiger partial charge in [0.25, 0.3) is 0 Å². The molecule has 6 nitrogen and oxygen atoms in total. The van der Waals surface area contributed by atoms with Crippen molar-refractivity contribution in [3.05, 3.63) is 177 Å². The second kappa shape index (κ2) is 16.5. The Hall–Kier alpha value is -5.88. The van der Waals surface area contributed by atoms with Crippen molar-refractivity contribution in [2.75, 3.05) is 34.9 Å². The van der Waals surface area contributed by atoms with Crippen LogP contribution in [-0.2, 0) is 25.0 Å². The third-order valence-corrected chi connectivity index (χ3v) is 12.0. The summed E-state index contributed by atoms with van der Waals surface area (Å²) in [5, 5.41) is 0. The molecule has 6 aromatic rings. The molecule has 3 heterocycles. The van der Waals surface area contributed by atoms with Gasteiger partial charge in [0.15, 0.2) is 20.2 Å². The number of fused-ring (bicyclic) bond motifs is 3. The molecule has 0 spiro atoms. The summed E-state index contributed by atoms with van der Waals surface area (Å²) in [5.41, 5.74) is 13.9. The van der Waals surface area contributed by atoms with Crippen molar-refractivity contribution in [3.8, 4) is 17.2 Å². The van der Waals surface area contributed by atoms with Crippen molar-refractivity contribution < 1.29 is 14.2 Å². The van der Waals surface area contributed by atoms with E-state index in [1.165, 1.54) is 73.6 Å². The second-order valence-electron chi connectivity index (χ2n) is 16.8. The van der Waals surface area contributed by atoms with Crippen LogP contribution in [0.15, 0.2) is 127 Å². The van der Waals surface area contributed by atoms with Crippen LogP contribution < -0.4 is 28.9 Å². The van der Waals surface area contributed by atoms with Gasteiger partial charge in [-0.2, -0.15) is 0 Å². The molecule has 0 fully saturated rings. The molecule has 3 aliphatic heterocycles. The van der Waals surface area contributed by atoms with Gasteiger partial charge in [-0.15, -0.1) is 0 Å². The summed E-state index contributed by atoms with van der Waals surface area (Å²) < 4.78 is 19.1. The summed E-state index contributed by atoms with van der Waals surface area (Å²) in [6, 6.07) is 46.3. The molecular weight excluding hydrogens is 715 g/mol. The Morgan fingerprint density at radius 1 is 0.483 bits per heavy atom. The van der Waals surface area contributed by atoms with Crippen LogP contribution in [0, 0.1) is 26.7 Å². The van der Waals surface area contributed by atoms with Crippen molar-refractivity contribution in [1.82, 2.24) is 0 Å². The summed E-state index contributed by atoms with van der Waals surface area (Å²) in [6.07, 6.45) is 1.31. The molecule has 0 amide bonds. The Balaban J connectivity index is 0.000000887. The quantitative estimate of drug-likeness (QED) is 0.151. The summed E-state index contributed by atoms with van der Waals surface area (Å²) in [4.78, 5) is 6.92. The largest absolute Gasteiger partial charge is 0.473 e. The van der Waals surface area contributed by atoms with Gasteiger partial charge >= 0.3 is 0 Å². The van der Waals surface area contributed by atoms with E-state index < -0.39 is 5.41 Å². The minimum Gasteiger partial charge on any atom is -0.473 e. The first-order chi connectivity index (χ1) is 28.1. The highest BCUT2D eigenvalue weighted by molar-refractivity contribution is 5.60. The molecule has 9 rings (SSSR count). The molecule has 3 aliphatic rings. The number of hydrogen-bond donors (Lipinski definition) is 0. The molecule has 0 unspecified atom stereocenters. The van der Waals surface area contributed by atoms with Crippen molar-refractivity contribution >= 4 is 17.1 Å². The van der Waals surface area contributed by atoms with Gasteiger partial charge in [-0.25, -0.2) is 0 Å². The maximum absolute atomic E-state index is 6.36. The fraction of sp³-hybridized carbons (Fsp3) is 0.308. The van der Waals surface area contributed by atoms with Crippen LogP contribution >= 0.6 is 0 Å². The lowest BCUT2D eigenvalue weighted by molar-refractivity contribution is 0.288. The molecule has 0 aromatic heterocycles. The van der Waals surface area contributed by atoms with Crippen LogP contribution in [0.4, 0.5) is 17.1 Å². The Kier molecular flexibility index (Phi) is 11.1. The number of ether oxygens (including phenoxy) is 3. The molecular formula is C52H57N3O3. The number of anilines is 3. The lowest BCUT2D eigenvalue weighted by atomic mass is 9.70. The molecule has 6 aromatic carbocycles. The highest BCUT2D eigenvalue weighted by atomic mass is 16.5. The molecule has 0 saturated carbocycles. The van der Waals surface area contributed by atoms with Gasteiger partial charge in [-0.1, -0.05) is 81.8 Å². The van der Waals surface area contributed by atoms with Crippen molar-refractivity contribution in [1.29, 1.82) is 0 Å². The van der Waals surface area contributed by atoms with E-state index >= 15 is 0 Å². The van der Waals surface area contributed by atoms with E-state index in [1.54, 1.807) is 0 Å². The smallest absolute Gasteiger partial charge is 0.161 e. The van der Waals surface area contributed by atoms with Gasteiger partial charge in [-0.05, 0) is 140 Å².